The highest BCUT2D eigenvalue weighted by atomic mass is 16.5. The molecule has 168 valence electrons. The highest BCUT2D eigenvalue weighted by Gasteiger charge is 2.26. The van der Waals surface area contributed by atoms with Gasteiger partial charge in [-0.15, -0.1) is 0 Å². The summed E-state index contributed by atoms with van der Waals surface area (Å²) in [5.74, 6) is 2.44. The number of para-hydroxylation sites is 1. The maximum Gasteiger partial charge on any atom is 0.226 e. The number of aryl methyl sites for hydroxylation is 1. The number of nitrogens with zero attached hydrogens (tertiary/aromatic N) is 3. The van der Waals surface area contributed by atoms with Crippen LogP contribution in [0.3, 0.4) is 0 Å². The van der Waals surface area contributed by atoms with Gasteiger partial charge in [-0.25, -0.2) is 9.97 Å². The molecule has 1 aliphatic heterocycles. The normalized spacial score (nSPS) is 14.4. The zero-order valence-corrected chi connectivity index (χ0v) is 18.9. The Kier molecular flexibility index (Phi) is 6.73. The molecule has 7 heteroatoms. The maximum absolute atomic E-state index is 12.7. The first-order valence-corrected chi connectivity index (χ1v) is 11.1. The second kappa shape index (κ2) is 9.85. The summed E-state index contributed by atoms with van der Waals surface area (Å²) in [6.07, 6.45) is 1.56. The fraction of sp³-hybridized carbons (Fsp3) is 0.400. The van der Waals surface area contributed by atoms with Gasteiger partial charge in [-0.05, 0) is 51.0 Å². The standard InChI is InChI=1S/C25H30N4O3/c1-4-32-20-9-10-22-21(15-20)17(2)27-25(28-22)29-13-11-18(12-14-29)24(30)26-16-19-7-5-6-8-23(19)31-3/h5-10,15,18H,4,11-14,16H2,1-3H3,(H,26,30). The van der Waals surface area contributed by atoms with Gasteiger partial charge in [0.05, 0.1) is 24.9 Å². The Balaban J connectivity index is 1.37. The van der Waals surface area contributed by atoms with E-state index in [0.717, 1.165) is 65.5 Å². The van der Waals surface area contributed by atoms with Crippen LogP contribution in [0.2, 0.25) is 0 Å². The second-order valence-electron chi connectivity index (χ2n) is 8.01. The molecule has 0 atom stereocenters. The number of hydrogen-bond donors (Lipinski definition) is 1. The zero-order chi connectivity index (χ0) is 22.5. The lowest BCUT2D eigenvalue weighted by molar-refractivity contribution is -0.125. The number of methoxy groups -OCH3 is 1. The molecule has 32 heavy (non-hydrogen) atoms. The monoisotopic (exact) mass is 434 g/mol. The van der Waals surface area contributed by atoms with Crippen molar-refractivity contribution >= 4 is 22.8 Å². The molecule has 1 N–H and O–H groups in total. The summed E-state index contributed by atoms with van der Waals surface area (Å²) in [7, 11) is 1.64. The first-order valence-electron chi connectivity index (χ1n) is 11.1. The van der Waals surface area contributed by atoms with Crippen LogP contribution in [-0.4, -0.2) is 42.7 Å². The molecule has 7 nitrogen and oxygen atoms in total. The van der Waals surface area contributed by atoms with E-state index < -0.39 is 0 Å². The molecular weight excluding hydrogens is 404 g/mol. The molecule has 0 radical (unpaired) electrons. The van der Waals surface area contributed by atoms with Gasteiger partial charge < -0.3 is 19.7 Å². The molecule has 0 aliphatic carbocycles. The lowest BCUT2D eigenvalue weighted by Crippen LogP contribution is -2.41. The summed E-state index contributed by atoms with van der Waals surface area (Å²) in [5, 5.41) is 4.07. The number of fused-ring (bicyclic) bond motifs is 1. The summed E-state index contributed by atoms with van der Waals surface area (Å²) in [4.78, 5) is 24.4. The molecule has 1 saturated heterocycles. The van der Waals surface area contributed by atoms with Crippen LogP contribution in [0, 0.1) is 12.8 Å². The number of ether oxygens (including phenoxy) is 2. The van der Waals surface area contributed by atoms with E-state index in [2.05, 4.69) is 10.2 Å². The Morgan fingerprint density at radius 3 is 2.69 bits per heavy atom. The van der Waals surface area contributed by atoms with Crippen LogP contribution in [0.4, 0.5) is 5.95 Å². The highest BCUT2D eigenvalue weighted by molar-refractivity contribution is 5.83. The minimum absolute atomic E-state index is 0.00346. The SMILES string of the molecule is CCOc1ccc2nc(N3CCC(C(=O)NCc4ccccc4OC)CC3)nc(C)c2c1. The molecule has 2 aromatic carbocycles. The Labute approximate surface area is 188 Å². The molecule has 1 amide bonds. The van der Waals surface area contributed by atoms with Gasteiger partial charge in [0, 0.05) is 36.5 Å². The van der Waals surface area contributed by atoms with Crippen molar-refractivity contribution in [1.82, 2.24) is 15.3 Å². The smallest absolute Gasteiger partial charge is 0.226 e. The minimum Gasteiger partial charge on any atom is -0.496 e. The van der Waals surface area contributed by atoms with Crippen LogP contribution in [0.25, 0.3) is 10.9 Å². The van der Waals surface area contributed by atoms with E-state index in [1.54, 1.807) is 7.11 Å². The van der Waals surface area contributed by atoms with E-state index in [-0.39, 0.29) is 11.8 Å². The van der Waals surface area contributed by atoms with Gasteiger partial charge in [0.25, 0.3) is 0 Å². The Morgan fingerprint density at radius 2 is 1.94 bits per heavy atom. The van der Waals surface area contributed by atoms with Crippen LogP contribution in [0.1, 0.15) is 31.0 Å². The Bertz CT molecular complexity index is 1090. The van der Waals surface area contributed by atoms with E-state index in [1.807, 2.05) is 56.3 Å². The average Bonchev–Trinajstić information content (AvgIpc) is 2.83. The number of hydrogen-bond acceptors (Lipinski definition) is 6. The summed E-state index contributed by atoms with van der Waals surface area (Å²) >= 11 is 0. The maximum atomic E-state index is 12.7. The number of amides is 1. The molecule has 0 unspecified atom stereocenters. The van der Waals surface area contributed by atoms with E-state index in [9.17, 15) is 4.79 Å². The molecule has 0 saturated carbocycles. The number of piperidine rings is 1. The Morgan fingerprint density at radius 1 is 1.16 bits per heavy atom. The van der Waals surface area contributed by atoms with Crippen molar-refractivity contribution in [2.75, 3.05) is 31.7 Å². The predicted molar refractivity (Wildman–Crippen MR) is 125 cm³/mol. The van der Waals surface area contributed by atoms with Crippen LogP contribution in [-0.2, 0) is 11.3 Å². The molecule has 0 spiro atoms. The van der Waals surface area contributed by atoms with Gasteiger partial charge in [-0.1, -0.05) is 18.2 Å². The van der Waals surface area contributed by atoms with Crippen LogP contribution in [0.5, 0.6) is 11.5 Å². The zero-order valence-electron chi connectivity index (χ0n) is 18.9. The molecule has 1 aliphatic rings. The van der Waals surface area contributed by atoms with E-state index >= 15 is 0 Å². The largest absolute Gasteiger partial charge is 0.496 e. The molecule has 1 aromatic heterocycles. The fourth-order valence-electron chi connectivity index (χ4n) is 4.16. The van der Waals surface area contributed by atoms with Crippen LogP contribution >= 0.6 is 0 Å². The van der Waals surface area contributed by atoms with Crippen molar-refractivity contribution in [3.63, 3.8) is 0 Å². The third-order valence-electron chi connectivity index (χ3n) is 5.95. The van der Waals surface area contributed by atoms with Crippen molar-refractivity contribution in [3.05, 3.63) is 53.7 Å². The molecule has 3 aromatic rings. The first-order chi connectivity index (χ1) is 15.6. The van der Waals surface area contributed by atoms with E-state index in [1.165, 1.54) is 0 Å². The highest BCUT2D eigenvalue weighted by Crippen LogP contribution is 2.27. The topological polar surface area (TPSA) is 76.6 Å². The van der Waals surface area contributed by atoms with Crippen LogP contribution < -0.4 is 19.7 Å². The van der Waals surface area contributed by atoms with Gasteiger partial charge in [0.15, 0.2) is 0 Å². The van der Waals surface area contributed by atoms with Gasteiger partial charge in [0.2, 0.25) is 11.9 Å². The number of carbonyl (C=O) groups excluding carboxylic acids is 1. The number of benzene rings is 2. The summed E-state index contributed by atoms with van der Waals surface area (Å²) in [5.41, 5.74) is 2.82. The molecule has 2 heterocycles. The number of rotatable bonds is 7. The van der Waals surface area contributed by atoms with Crippen molar-refractivity contribution in [1.29, 1.82) is 0 Å². The van der Waals surface area contributed by atoms with Gasteiger partial charge in [0.1, 0.15) is 11.5 Å². The van der Waals surface area contributed by atoms with E-state index in [0.29, 0.717) is 13.2 Å². The van der Waals surface area contributed by atoms with Crippen molar-refractivity contribution < 1.29 is 14.3 Å². The third-order valence-corrected chi connectivity index (χ3v) is 5.95. The quantitative estimate of drug-likeness (QED) is 0.608. The van der Waals surface area contributed by atoms with E-state index in [4.69, 9.17) is 19.4 Å². The fourth-order valence-corrected chi connectivity index (χ4v) is 4.16. The van der Waals surface area contributed by atoms with Crippen LogP contribution in [0.15, 0.2) is 42.5 Å². The number of carbonyl (C=O) groups is 1. The molecular formula is C25H30N4O3. The molecule has 1 fully saturated rings. The summed E-state index contributed by atoms with van der Waals surface area (Å²) in [6, 6.07) is 13.7. The van der Waals surface area contributed by atoms with Crippen molar-refractivity contribution in [2.24, 2.45) is 5.92 Å². The number of anilines is 1. The van der Waals surface area contributed by atoms with Crippen molar-refractivity contribution in [3.8, 4) is 11.5 Å². The lowest BCUT2D eigenvalue weighted by Gasteiger charge is -2.31. The third kappa shape index (κ3) is 4.77. The van der Waals surface area contributed by atoms with Crippen molar-refractivity contribution in [2.45, 2.75) is 33.2 Å². The summed E-state index contributed by atoms with van der Waals surface area (Å²) in [6.45, 7) is 6.59. The minimum atomic E-state index is -0.00346. The second-order valence-corrected chi connectivity index (χ2v) is 8.01. The van der Waals surface area contributed by atoms with Gasteiger partial charge >= 0.3 is 0 Å². The van der Waals surface area contributed by atoms with Gasteiger partial charge in [-0.3, -0.25) is 4.79 Å². The Hall–Kier alpha value is -3.35. The van der Waals surface area contributed by atoms with Gasteiger partial charge in [-0.2, -0.15) is 0 Å². The average molecular weight is 435 g/mol. The number of nitrogens with one attached hydrogen (secondary N) is 1. The molecule has 0 bridgehead atoms. The molecule has 4 rings (SSSR count). The predicted octanol–water partition coefficient (Wildman–Crippen LogP) is 3.88. The first kappa shape index (κ1) is 21.9. The number of aromatic nitrogens is 2. The lowest BCUT2D eigenvalue weighted by atomic mass is 9.96. The summed E-state index contributed by atoms with van der Waals surface area (Å²) < 4.78 is 11.0.